The van der Waals surface area contributed by atoms with E-state index in [4.69, 9.17) is 10.3 Å². The summed E-state index contributed by atoms with van der Waals surface area (Å²) < 4.78 is 5.18. The summed E-state index contributed by atoms with van der Waals surface area (Å²) in [4.78, 5) is 18.8. The number of likely N-dealkylation sites (tertiary alicyclic amines) is 1. The number of aromatic nitrogens is 2. The zero-order valence-electron chi connectivity index (χ0n) is 11.0. The van der Waals surface area contributed by atoms with E-state index in [1.165, 1.54) is 4.88 Å². The molecule has 0 bridgehead atoms. The van der Waals surface area contributed by atoms with Gasteiger partial charge in [0.25, 0.3) is 11.7 Å². The minimum atomic E-state index is -0.650. The number of thiophene rings is 1. The molecule has 2 N–H and O–H groups in total. The van der Waals surface area contributed by atoms with Gasteiger partial charge in [-0.25, -0.2) is 0 Å². The van der Waals surface area contributed by atoms with Crippen molar-refractivity contribution >= 4 is 17.2 Å². The number of hydrogen-bond donors (Lipinski definition) is 1. The smallest absolute Gasteiger partial charge is 0.290 e. The van der Waals surface area contributed by atoms with E-state index in [0.717, 1.165) is 32.4 Å². The third kappa shape index (κ3) is 2.73. The summed E-state index contributed by atoms with van der Waals surface area (Å²) >= 11 is 1.77. The van der Waals surface area contributed by atoms with Crippen LogP contribution in [0.4, 0.5) is 0 Å². The van der Waals surface area contributed by atoms with Crippen molar-refractivity contribution < 1.29 is 9.32 Å². The lowest BCUT2D eigenvalue weighted by molar-refractivity contribution is 0.0987. The van der Waals surface area contributed by atoms with Gasteiger partial charge in [-0.1, -0.05) is 11.2 Å². The maximum Gasteiger partial charge on any atom is 0.290 e. The molecular formula is C13H16N4O2S. The first-order valence-corrected chi connectivity index (χ1v) is 7.52. The van der Waals surface area contributed by atoms with Gasteiger partial charge in [0.1, 0.15) is 0 Å². The molecule has 1 aliphatic rings. The fraction of sp³-hybridized carbons (Fsp3) is 0.462. The van der Waals surface area contributed by atoms with Crippen LogP contribution in [0.5, 0.6) is 0 Å². The molecule has 0 spiro atoms. The van der Waals surface area contributed by atoms with Crippen LogP contribution in [0, 0.1) is 0 Å². The summed E-state index contributed by atoms with van der Waals surface area (Å²) in [6.07, 6.45) is 3.10. The number of hydrogen-bond acceptors (Lipinski definition) is 6. The number of rotatable bonds is 5. The largest absolute Gasteiger partial charge is 0.363 e. The minimum Gasteiger partial charge on any atom is -0.363 e. The van der Waals surface area contributed by atoms with Gasteiger partial charge in [-0.15, -0.1) is 11.3 Å². The molecule has 3 rings (SSSR count). The van der Waals surface area contributed by atoms with Gasteiger partial charge in [-0.3, -0.25) is 9.69 Å². The molecular weight excluding hydrogens is 276 g/mol. The Kier molecular flexibility index (Phi) is 3.79. The van der Waals surface area contributed by atoms with Crippen molar-refractivity contribution in [2.75, 3.05) is 13.1 Å². The van der Waals surface area contributed by atoms with E-state index < -0.39 is 5.91 Å². The lowest BCUT2D eigenvalue weighted by Gasteiger charge is -2.20. The van der Waals surface area contributed by atoms with Crippen LogP contribution in [-0.2, 0) is 6.42 Å². The van der Waals surface area contributed by atoms with Crippen molar-refractivity contribution in [1.29, 1.82) is 0 Å². The van der Waals surface area contributed by atoms with Crippen LogP contribution >= 0.6 is 11.3 Å². The van der Waals surface area contributed by atoms with Gasteiger partial charge in [-0.05, 0) is 37.3 Å². The van der Waals surface area contributed by atoms with Crippen molar-refractivity contribution in [3.8, 4) is 0 Å². The van der Waals surface area contributed by atoms with Gasteiger partial charge in [0.15, 0.2) is 0 Å². The van der Waals surface area contributed by atoms with Crippen molar-refractivity contribution in [1.82, 2.24) is 15.0 Å². The summed E-state index contributed by atoms with van der Waals surface area (Å²) in [6, 6.07) is 4.32. The molecule has 7 heteroatoms. The first kappa shape index (κ1) is 13.3. The van der Waals surface area contributed by atoms with Crippen LogP contribution in [-0.4, -0.2) is 34.0 Å². The van der Waals surface area contributed by atoms with Gasteiger partial charge in [0, 0.05) is 11.4 Å². The molecule has 1 saturated heterocycles. The molecule has 20 heavy (non-hydrogen) atoms. The first-order valence-electron chi connectivity index (χ1n) is 6.64. The Morgan fingerprint density at radius 3 is 3.20 bits per heavy atom. The van der Waals surface area contributed by atoms with Crippen molar-refractivity contribution in [2.24, 2.45) is 5.73 Å². The number of nitrogens with zero attached hydrogens (tertiary/aromatic N) is 3. The predicted molar refractivity (Wildman–Crippen MR) is 74.4 cm³/mol. The molecule has 0 aliphatic carbocycles. The van der Waals surface area contributed by atoms with Crippen LogP contribution < -0.4 is 5.73 Å². The molecule has 1 atom stereocenters. The number of carbonyl (C=O) groups excluding carboxylic acids is 1. The van der Waals surface area contributed by atoms with Gasteiger partial charge in [0.05, 0.1) is 6.04 Å². The standard InChI is InChI=1S/C13H16N4O2S/c14-11(18)12-15-13(19-16-12)10-4-1-6-17(10)7-5-9-3-2-8-20-9/h2-3,8,10H,1,4-7H2,(H2,14,18)/t10-/m1/s1. The van der Waals surface area contributed by atoms with Crippen LogP contribution in [0.2, 0.25) is 0 Å². The number of primary amides is 1. The van der Waals surface area contributed by atoms with E-state index in [-0.39, 0.29) is 11.9 Å². The summed E-state index contributed by atoms with van der Waals surface area (Å²) in [6.45, 7) is 1.98. The molecule has 106 valence electrons. The molecule has 2 aromatic rings. The Hall–Kier alpha value is -1.73. The van der Waals surface area contributed by atoms with E-state index in [1.54, 1.807) is 11.3 Å². The Labute approximate surface area is 120 Å². The lowest BCUT2D eigenvalue weighted by atomic mass is 10.2. The second-order valence-electron chi connectivity index (χ2n) is 4.84. The van der Waals surface area contributed by atoms with Gasteiger partial charge in [0.2, 0.25) is 5.89 Å². The molecule has 1 amide bonds. The molecule has 2 aromatic heterocycles. The minimum absolute atomic E-state index is 0.0369. The molecule has 3 heterocycles. The van der Waals surface area contributed by atoms with E-state index >= 15 is 0 Å². The Bertz CT molecular complexity index is 581. The SMILES string of the molecule is NC(=O)c1noc([C@H]2CCCN2CCc2cccs2)n1. The maximum absolute atomic E-state index is 11.0. The average Bonchev–Trinajstić information content (AvgIpc) is 3.17. The summed E-state index contributed by atoms with van der Waals surface area (Å²) in [7, 11) is 0. The normalized spacial score (nSPS) is 19.5. The highest BCUT2D eigenvalue weighted by Gasteiger charge is 2.30. The zero-order valence-corrected chi connectivity index (χ0v) is 11.8. The molecule has 0 radical (unpaired) electrons. The average molecular weight is 292 g/mol. The molecule has 0 unspecified atom stereocenters. The van der Waals surface area contributed by atoms with Crippen LogP contribution in [0.3, 0.4) is 0 Å². The van der Waals surface area contributed by atoms with E-state index in [2.05, 4.69) is 32.6 Å². The summed E-state index contributed by atoms with van der Waals surface area (Å²) in [5, 5.41) is 5.71. The quantitative estimate of drug-likeness (QED) is 0.905. The molecule has 1 aliphatic heterocycles. The monoisotopic (exact) mass is 292 g/mol. The summed E-state index contributed by atoms with van der Waals surface area (Å²) in [5.74, 6) is -0.185. The zero-order chi connectivity index (χ0) is 13.9. The van der Waals surface area contributed by atoms with Crippen molar-refractivity contribution in [3.63, 3.8) is 0 Å². The fourth-order valence-electron chi connectivity index (χ4n) is 2.55. The van der Waals surface area contributed by atoms with Crippen molar-refractivity contribution in [3.05, 3.63) is 34.1 Å². The van der Waals surface area contributed by atoms with Gasteiger partial charge < -0.3 is 10.3 Å². The molecule has 1 fully saturated rings. The van der Waals surface area contributed by atoms with Gasteiger partial charge in [-0.2, -0.15) is 4.98 Å². The van der Waals surface area contributed by atoms with Crippen molar-refractivity contribution in [2.45, 2.75) is 25.3 Å². The highest BCUT2D eigenvalue weighted by molar-refractivity contribution is 7.09. The van der Waals surface area contributed by atoms with E-state index in [0.29, 0.717) is 5.89 Å². The Balaban J connectivity index is 1.66. The van der Waals surface area contributed by atoms with Crippen LogP contribution in [0.25, 0.3) is 0 Å². The second kappa shape index (κ2) is 5.72. The Morgan fingerprint density at radius 1 is 1.60 bits per heavy atom. The number of carbonyl (C=O) groups is 1. The highest BCUT2D eigenvalue weighted by atomic mass is 32.1. The second-order valence-corrected chi connectivity index (χ2v) is 5.88. The Morgan fingerprint density at radius 2 is 2.50 bits per heavy atom. The maximum atomic E-state index is 11.0. The first-order chi connectivity index (χ1) is 9.74. The third-order valence-corrected chi connectivity index (χ3v) is 4.47. The topological polar surface area (TPSA) is 85.2 Å². The third-order valence-electron chi connectivity index (χ3n) is 3.54. The molecule has 0 aromatic carbocycles. The van der Waals surface area contributed by atoms with Crippen LogP contribution in [0.1, 0.15) is 40.3 Å². The number of amides is 1. The predicted octanol–water partition coefficient (Wildman–Crippen LogP) is 1.61. The molecule has 6 nitrogen and oxygen atoms in total. The van der Waals surface area contributed by atoms with Crippen LogP contribution in [0.15, 0.2) is 22.0 Å². The molecule has 0 saturated carbocycles. The fourth-order valence-corrected chi connectivity index (χ4v) is 3.25. The van der Waals surface area contributed by atoms with E-state index in [1.807, 2.05) is 0 Å². The highest BCUT2D eigenvalue weighted by Crippen LogP contribution is 2.31. The lowest BCUT2D eigenvalue weighted by Crippen LogP contribution is -2.26. The van der Waals surface area contributed by atoms with E-state index in [9.17, 15) is 4.79 Å². The number of nitrogens with two attached hydrogens (primary N) is 1. The van der Waals surface area contributed by atoms with Gasteiger partial charge >= 0.3 is 0 Å². The summed E-state index contributed by atoms with van der Waals surface area (Å²) in [5.41, 5.74) is 5.15.